The second kappa shape index (κ2) is 12.0. The number of hydrogen-bond acceptors (Lipinski definition) is 2. The number of allylic oxidation sites excluding steroid dienone is 1. The minimum absolute atomic E-state index is 0.0283. The molecule has 9 atom stereocenters. The molecule has 4 aliphatic carbocycles. The third kappa shape index (κ3) is 5.96. The Kier molecular flexibility index (Phi) is 9.07. The molecule has 2 nitrogen and oxygen atoms in total. The molecule has 0 bridgehead atoms. The summed E-state index contributed by atoms with van der Waals surface area (Å²) in [5, 5.41) is 0. The lowest BCUT2D eigenvalue weighted by Crippen LogP contribution is -2.51. The van der Waals surface area contributed by atoms with Crippen LogP contribution < -0.4 is 0 Å². The molecule has 0 radical (unpaired) electrons. The van der Waals surface area contributed by atoms with Gasteiger partial charge in [-0.3, -0.25) is 4.79 Å². The highest BCUT2D eigenvalue weighted by Crippen LogP contribution is 2.67. The summed E-state index contributed by atoms with van der Waals surface area (Å²) in [5.74, 6) is 5.06. The topological polar surface area (TPSA) is 26.3 Å². The fraction of sp³-hybridized carbons (Fsp3) is 0.750. The monoisotopic (exact) mass is 596 g/mol. The van der Waals surface area contributed by atoms with Crippen LogP contribution in [0.3, 0.4) is 0 Å². The zero-order chi connectivity index (χ0) is 27.8. The number of esters is 1. The molecule has 4 aliphatic rings. The average molecular weight is 598 g/mol. The van der Waals surface area contributed by atoms with Gasteiger partial charge in [0, 0.05) is 6.42 Å². The van der Waals surface area contributed by atoms with Gasteiger partial charge >= 0.3 is 5.97 Å². The molecule has 5 rings (SSSR count). The van der Waals surface area contributed by atoms with Gasteiger partial charge < -0.3 is 4.74 Å². The van der Waals surface area contributed by atoms with Gasteiger partial charge in [-0.2, -0.15) is 0 Å². The van der Waals surface area contributed by atoms with E-state index in [0.29, 0.717) is 17.3 Å². The highest BCUT2D eigenvalue weighted by molar-refractivity contribution is 9.10. The molecule has 3 fully saturated rings. The Bertz CT molecular complexity index is 1020. The SMILES string of the molecule is CC(C)CCC[C@@H](C)[C@H]1CC[C@H]2[C@@H]3CC=C4C[C@H](OC(=O)[C@H](Br)Cc5ccccc5)CC[C@]4(C)[C@H]3CC[C@]12C. The summed E-state index contributed by atoms with van der Waals surface area (Å²) < 4.78 is 6.10. The third-order valence-corrected chi connectivity index (χ3v) is 12.8. The normalized spacial score (nSPS) is 37.3. The number of rotatable bonds is 9. The first-order valence-electron chi connectivity index (χ1n) is 16.2. The van der Waals surface area contributed by atoms with E-state index in [0.717, 1.165) is 53.9 Å². The van der Waals surface area contributed by atoms with Crippen molar-refractivity contribution in [2.75, 3.05) is 0 Å². The number of ether oxygens (including phenoxy) is 1. The smallest absolute Gasteiger partial charge is 0.320 e. The lowest BCUT2D eigenvalue weighted by atomic mass is 9.47. The Morgan fingerprint density at radius 3 is 2.51 bits per heavy atom. The number of benzene rings is 1. The largest absolute Gasteiger partial charge is 0.461 e. The van der Waals surface area contributed by atoms with Crippen LogP contribution >= 0.6 is 15.9 Å². The van der Waals surface area contributed by atoms with Gasteiger partial charge in [0.25, 0.3) is 0 Å². The first kappa shape index (κ1) is 29.4. The van der Waals surface area contributed by atoms with Crippen LogP contribution in [-0.2, 0) is 16.0 Å². The van der Waals surface area contributed by atoms with Crippen LogP contribution in [-0.4, -0.2) is 16.9 Å². The number of carbonyl (C=O) groups excluding carboxylic acids is 1. The number of halogens is 1. The third-order valence-electron chi connectivity index (χ3n) is 12.1. The average Bonchev–Trinajstić information content (AvgIpc) is 3.26. The molecule has 0 N–H and O–H groups in total. The van der Waals surface area contributed by atoms with E-state index in [1.165, 1.54) is 57.8 Å². The van der Waals surface area contributed by atoms with Crippen LogP contribution in [0.25, 0.3) is 0 Å². The molecule has 1 aromatic rings. The van der Waals surface area contributed by atoms with E-state index < -0.39 is 0 Å². The minimum Gasteiger partial charge on any atom is -0.461 e. The van der Waals surface area contributed by atoms with Crippen molar-refractivity contribution in [3.8, 4) is 0 Å². The molecule has 1 aromatic carbocycles. The molecule has 0 heterocycles. The van der Waals surface area contributed by atoms with E-state index in [1.807, 2.05) is 18.2 Å². The van der Waals surface area contributed by atoms with Crippen molar-refractivity contribution < 1.29 is 9.53 Å². The first-order valence-corrected chi connectivity index (χ1v) is 17.1. The number of alkyl halides is 1. The molecule has 39 heavy (non-hydrogen) atoms. The van der Waals surface area contributed by atoms with E-state index >= 15 is 0 Å². The van der Waals surface area contributed by atoms with Gasteiger partial charge in [0.15, 0.2) is 0 Å². The number of carbonyl (C=O) groups is 1. The Morgan fingerprint density at radius 1 is 1.00 bits per heavy atom. The summed E-state index contributed by atoms with van der Waals surface area (Å²) >= 11 is 3.61. The van der Waals surface area contributed by atoms with Gasteiger partial charge in [0.1, 0.15) is 10.9 Å². The summed E-state index contributed by atoms with van der Waals surface area (Å²) in [6, 6.07) is 10.2. The molecule has 0 spiro atoms. The van der Waals surface area contributed by atoms with Gasteiger partial charge in [-0.05, 0) is 103 Å². The fourth-order valence-corrected chi connectivity index (χ4v) is 10.4. The molecule has 3 saturated carbocycles. The maximum absolute atomic E-state index is 12.9. The van der Waals surface area contributed by atoms with Crippen LogP contribution in [0.15, 0.2) is 42.0 Å². The second-order valence-electron chi connectivity index (χ2n) is 14.7. The Balaban J connectivity index is 1.21. The van der Waals surface area contributed by atoms with E-state index in [4.69, 9.17) is 4.74 Å². The van der Waals surface area contributed by atoms with Crippen LogP contribution in [0, 0.1) is 46.3 Å². The van der Waals surface area contributed by atoms with Gasteiger partial charge in [-0.1, -0.05) is 112 Å². The number of fused-ring (bicyclic) bond motifs is 5. The summed E-state index contributed by atoms with van der Waals surface area (Å²) in [7, 11) is 0. The predicted molar refractivity (Wildman–Crippen MR) is 166 cm³/mol. The highest BCUT2D eigenvalue weighted by atomic mass is 79.9. The summed E-state index contributed by atoms with van der Waals surface area (Å²) in [4.78, 5) is 12.7. The Labute approximate surface area is 247 Å². The molecule has 0 amide bonds. The van der Waals surface area contributed by atoms with E-state index in [-0.39, 0.29) is 16.9 Å². The maximum Gasteiger partial charge on any atom is 0.320 e. The molecular formula is C36H53BrO2. The zero-order valence-corrected chi connectivity index (χ0v) is 26.8. The molecule has 0 unspecified atom stereocenters. The quantitative estimate of drug-likeness (QED) is 0.161. The molecule has 3 heteroatoms. The maximum atomic E-state index is 12.9. The number of hydrogen-bond donors (Lipinski definition) is 0. The van der Waals surface area contributed by atoms with E-state index in [1.54, 1.807) is 5.57 Å². The summed E-state index contributed by atoms with van der Waals surface area (Å²) in [6.07, 6.45) is 17.6. The van der Waals surface area contributed by atoms with Gasteiger partial charge in [0.05, 0.1) is 0 Å². The van der Waals surface area contributed by atoms with Crippen molar-refractivity contribution in [2.45, 2.75) is 123 Å². The molecule has 0 aliphatic heterocycles. The molecular weight excluding hydrogens is 544 g/mol. The van der Waals surface area contributed by atoms with Crippen molar-refractivity contribution in [3.05, 3.63) is 47.5 Å². The van der Waals surface area contributed by atoms with Gasteiger partial charge in [0.2, 0.25) is 0 Å². The van der Waals surface area contributed by atoms with Gasteiger partial charge in [-0.25, -0.2) is 0 Å². The van der Waals surface area contributed by atoms with Crippen LogP contribution in [0.4, 0.5) is 0 Å². The van der Waals surface area contributed by atoms with Crippen LogP contribution in [0.2, 0.25) is 0 Å². The highest BCUT2D eigenvalue weighted by Gasteiger charge is 2.59. The van der Waals surface area contributed by atoms with E-state index in [2.05, 4.69) is 68.8 Å². The lowest BCUT2D eigenvalue weighted by Gasteiger charge is -2.58. The van der Waals surface area contributed by atoms with Crippen molar-refractivity contribution in [3.63, 3.8) is 0 Å². The first-order chi connectivity index (χ1) is 18.6. The van der Waals surface area contributed by atoms with Crippen molar-refractivity contribution in [1.82, 2.24) is 0 Å². The Hall–Kier alpha value is -1.09. The standard InChI is InChI=1S/C36H53BrO2/c1-24(2)10-9-11-25(3)30-16-17-31-29-15-14-27-23-28(18-20-35(27,4)32(29)19-21-36(30,31)5)39-34(38)33(37)22-26-12-7-6-8-13-26/h6-8,12-14,24-25,28-33H,9-11,15-23H2,1-5H3/t25-,28-,29+,30-,31+,32+,33-,35+,36-/m1/s1. The van der Waals surface area contributed by atoms with Crippen LogP contribution in [0.5, 0.6) is 0 Å². The van der Waals surface area contributed by atoms with Crippen molar-refractivity contribution in [2.24, 2.45) is 46.3 Å². The molecule has 216 valence electrons. The summed E-state index contributed by atoms with van der Waals surface area (Å²) in [5.41, 5.74) is 3.60. The molecule has 0 saturated heterocycles. The second-order valence-corrected chi connectivity index (χ2v) is 15.9. The lowest BCUT2D eigenvalue weighted by molar-refractivity contribution is -0.150. The van der Waals surface area contributed by atoms with Crippen molar-refractivity contribution >= 4 is 21.9 Å². The zero-order valence-electron chi connectivity index (χ0n) is 25.3. The van der Waals surface area contributed by atoms with Crippen molar-refractivity contribution in [1.29, 1.82) is 0 Å². The summed E-state index contributed by atoms with van der Waals surface area (Å²) in [6.45, 7) is 12.6. The van der Waals surface area contributed by atoms with Gasteiger partial charge in [-0.15, -0.1) is 0 Å². The Morgan fingerprint density at radius 2 is 1.77 bits per heavy atom. The van der Waals surface area contributed by atoms with Crippen LogP contribution in [0.1, 0.15) is 111 Å². The minimum atomic E-state index is -0.281. The predicted octanol–water partition coefficient (Wildman–Crippen LogP) is 9.95. The fourth-order valence-electron chi connectivity index (χ4n) is 9.90. The van der Waals surface area contributed by atoms with E-state index in [9.17, 15) is 4.79 Å². The molecule has 0 aromatic heterocycles.